The highest BCUT2D eigenvalue weighted by molar-refractivity contribution is 6.08. The van der Waals surface area contributed by atoms with E-state index in [1.165, 1.54) is 12.3 Å². The molecule has 1 fully saturated rings. The molecule has 5 N–H and O–H groups in total. The van der Waals surface area contributed by atoms with E-state index in [0.717, 1.165) is 37.4 Å². The van der Waals surface area contributed by atoms with Crippen LogP contribution in [0.15, 0.2) is 36.5 Å². The van der Waals surface area contributed by atoms with E-state index in [1.54, 1.807) is 19.2 Å². The highest BCUT2D eigenvalue weighted by Gasteiger charge is 2.22. The normalized spacial score (nSPS) is 14.3. The Kier molecular flexibility index (Phi) is 7.64. The molecule has 186 valence electrons. The Bertz CT molecular complexity index is 1210. The Labute approximate surface area is 203 Å². The van der Waals surface area contributed by atoms with Crippen LogP contribution in [0.1, 0.15) is 15.9 Å². The molecular weight excluding hydrogens is 451 g/mol. The van der Waals surface area contributed by atoms with E-state index in [2.05, 4.69) is 27.1 Å². The SMILES string of the molecule is COCCOc1cc2ncc(C(N)=O)c(Nc3cc(CN)ccc3F)c2cc1N1CCN(C)CC1. The number of hydrogen-bond donors (Lipinski definition) is 3. The van der Waals surface area contributed by atoms with Crippen LogP contribution in [0, 0.1) is 5.82 Å². The molecule has 0 bridgehead atoms. The predicted molar refractivity (Wildman–Crippen MR) is 135 cm³/mol. The minimum Gasteiger partial charge on any atom is -0.489 e. The molecule has 0 saturated carbocycles. The van der Waals surface area contributed by atoms with Gasteiger partial charge in [-0.1, -0.05) is 6.07 Å². The number of benzene rings is 2. The van der Waals surface area contributed by atoms with Gasteiger partial charge in [0.15, 0.2) is 0 Å². The van der Waals surface area contributed by atoms with Gasteiger partial charge in [0.1, 0.15) is 18.2 Å². The lowest BCUT2D eigenvalue weighted by atomic mass is 10.1. The predicted octanol–water partition coefficient (Wildman–Crippen LogP) is 2.45. The molecule has 1 aromatic heterocycles. The molecule has 35 heavy (non-hydrogen) atoms. The van der Waals surface area contributed by atoms with E-state index < -0.39 is 11.7 Å². The van der Waals surface area contributed by atoms with Crippen molar-refractivity contribution < 1.29 is 18.7 Å². The lowest BCUT2D eigenvalue weighted by Gasteiger charge is -2.35. The van der Waals surface area contributed by atoms with Crippen molar-refractivity contribution in [2.75, 3.05) is 63.8 Å². The van der Waals surface area contributed by atoms with Crippen molar-refractivity contribution >= 4 is 33.9 Å². The van der Waals surface area contributed by atoms with Crippen LogP contribution in [-0.4, -0.2) is 69.3 Å². The van der Waals surface area contributed by atoms with Gasteiger partial charge in [-0.3, -0.25) is 9.78 Å². The fourth-order valence-corrected chi connectivity index (χ4v) is 4.10. The zero-order valence-electron chi connectivity index (χ0n) is 20.0. The molecule has 1 saturated heterocycles. The molecule has 2 aromatic carbocycles. The number of carbonyl (C=O) groups is 1. The Hall–Kier alpha value is -3.47. The second-order valence-corrected chi connectivity index (χ2v) is 8.52. The summed E-state index contributed by atoms with van der Waals surface area (Å²) in [5.41, 5.74) is 14.4. The fourth-order valence-electron chi connectivity index (χ4n) is 4.10. The maximum Gasteiger partial charge on any atom is 0.252 e. The molecule has 10 heteroatoms. The Balaban J connectivity index is 1.86. The van der Waals surface area contributed by atoms with E-state index in [-0.39, 0.29) is 17.8 Å². The number of nitrogens with one attached hydrogen (secondary N) is 1. The molecule has 1 aliphatic heterocycles. The number of halogens is 1. The maximum absolute atomic E-state index is 14.7. The van der Waals surface area contributed by atoms with Crippen LogP contribution in [0.2, 0.25) is 0 Å². The van der Waals surface area contributed by atoms with E-state index in [4.69, 9.17) is 20.9 Å². The third-order valence-corrected chi connectivity index (χ3v) is 6.13. The number of primary amides is 1. The average Bonchev–Trinajstić information content (AvgIpc) is 2.85. The zero-order chi connectivity index (χ0) is 24.9. The molecule has 1 amide bonds. The third kappa shape index (κ3) is 5.45. The first kappa shape index (κ1) is 24.6. The minimum atomic E-state index is -0.668. The summed E-state index contributed by atoms with van der Waals surface area (Å²) in [4.78, 5) is 21.3. The Morgan fingerprint density at radius 1 is 1.17 bits per heavy atom. The van der Waals surface area contributed by atoms with Gasteiger partial charge in [-0.05, 0) is 30.8 Å². The number of anilines is 3. The highest BCUT2D eigenvalue weighted by atomic mass is 19.1. The number of rotatable bonds is 9. The molecule has 0 unspecified atom stereocenters. The largest absolute Gasteiger partial charge is 0.489 e. The smallest absolute Gasteiger partial charge is 0.252 e. The summed E-state index contributed by atoms with van der Waals surface area (Å²) in [6, 6.07) is 8.34. The van der Waals surface area contributed by atoms with Gasteiger partial charge in [0.25, 0.3) is 5.91 Å². The number of pyridine rings is 1. The molecular formula is C25H31FN6O3. The van der Waals surface area contributed by atoms with E-state index in [9.17, 15) is 9.18 Å². The number of amides is 1. The van der Waals surface area contributed by atoms with E-state index in [0.29, 0.717) is 35.6 Å². The van der Waals surface area contributed by atoms with Crippen LogP contribution in [0.5, 0.6) is 5.75 Å². The van der Waals surface area contributed by atoms with Crippen LogP contribution in [0.4, 0.5) is 21.5 Å². The third-order valence-electron chi connectivity index (χ3n) is 6.13. The number of methoxy groups -OCH3 is 1. The van der Waals surface area contributed by atoms with Gasteiger partial charge in [-0.25, -0.2) is 4.39 Å². The molecule has 0 spiro atoms. The molecule has 1 aliphatic rings. The van der Waals surface area contributed by atoms with Crippen molar-refractivity contribution in [3.05, 3.63) is 53.5 Å². The summed E-state index contributed by atoms with van der Waals surface area (Å²) in [6.45, 7) is 4.49. The van der Waals surface area contributed by atoms with Crippen molar-refractivity contribution in [3.8, 4) is 5.75 Å². The standard InChI is InChI=1S/C25H31FN6O3/c1-31-5-7-32(8-6-31)22-12-17-20(13-23(22)35-10-9-34-2)29-15-18(25(28)33)24(17)30-21-11-16(14-27)3-4-19(21)26/h3-4,11-13,15H,5-10,14,27H2,1-2H3,(H2,28,33)(H,29,30). The molecule has 0 radical (unpaired) electrons. The van der Waals surface area contributed by atoms with E-state index >= 15 is 0 Å². The Morgan fingerprint density at radius 2 is 1.94 bits per heavy atom. The van der Waals surface area contributed by atoms with Crippen LogP contribution in [-0.2, 0) is 11.3 Å². The van der Waals surface area contributed by atoms with Crippen molar-refractivity contribution in [3.63, 3.8) is 0 Å². The number of fused-ring (bicyclic) bond motifs is 1. The number of likely N-dealkylation sites (N-methyl/N-ethyl adjacent to an activating group) is 1. The Morgan fingerprint density at radius 3 is 2.63 bits per heavy atom. The fraction of sp³-hybridized carbons (Fsp3) is 0.360. The van der Waals surface area contributed by atoms with Crippen molar-refractivity contribution in [2.24, 2.45) is 11.5 Å². The summed E-state index contributed by atoms with van der Waals surface area (Å²) in [5, 5.41) is 3.72. The average molecular weight is 483 g/mol. The van der Waals surface area contributed by atoms with Crippen LogP contribution in [0.3, 0.4) is 0 Å². The first-order chi connectivity index (χ1) is 16.9. The summed E-state index contributed by atoms with van der Waals surface area (Å²) in [7, 11) is 3.71. The van der Waals surface area contributed by atoms with Gasteiger partial charge in [0, 0.05) is 57.5 Å². The second kappa shape index (κ2) is 10.9. The maximum atomic E-state index is 14.7. The van der Waals surface area contributed by atoms with Crippen LogP contribution < -0.4 is 26.4 Å². The van der Waals surface area contributed by atoms with Gasteiger partial charge in [-0.2, -0.15) is 0 Å². The molecule has 0 aliphatic carbocycles. The number of nitrogens with zero attached hydrogens (tertiary/aromatic N) is 3. The topological polar surface area (TPSA) is 119 Å². The van der Waals surface area contributed by atoms with Gasteiger partial charge >= 0.3 is 0 Å². The van der Waals surface area contributed by atoms with Crippen molar-refractivity contribution in [2.45, 2.75) is 6.54 Å². The lowest BCUT2D eigenvalue weighted by Crippen LogP contribution is -2.44. The van der Waals surface area contributed by atoms with Gasteiger partial charge < -0.3 is 36.1 Å². The van der Waals surface area contributed by atoms with Crippen LogP contribution >= 0.6 is 0 Å². The minimum absolute atomic E-state index is 0.160. The summed E-state index contributed by atoms with van der Waals surface area (Å²) < 4.78 is 25.9. The van der Waals surface area contributed by atoms with Gasteiger partial charge in [-0.15, -0.1) is 0 Å². The van der Waals surface area contributed by atoms with Crippen LogP contribution in [0.25, 0.3) is 10.9 Å². The number of carbonyl (C=O) groups excluding carboxylic acids is 1. The van der Waals surface area contributed by atoms with E-state index in [1.807, 2.05) is 12.1 Å². The first-order valence-electron chi connectivity index (χ1n) is 11.5. The summed E-state index contributed by atoms with van der Waals surface area (Å²) in [6.07, 6.45) is 1.39. The number of piperazine rings is 1. The molecule has 4 rings (SSSR count). The summed E-state index contributed by atoms with van der Waals surface area (Å²) in [5.74, 6) is -0.471. The quantitative estimate of drug-likeness (QED) is 0.398. The number of aromatic nitrogens is 1. The van der Waals surface area contributed by atoms with Crippen molar-refractivity contribution in [1.82, 2.24) is 9.88 Å². The highest BCUT2D eigenvalue weighted by Crippen LogP contribution is 2.38. The van der Waals surface area contributed by atoms with Crippen molar-refractivity contribution in [1.29, 1.82) is 0 Å². The number of nitrogens with two attached hydrogens (primary N) is 2. The monoisotopic (exact) mass is 482 g/mol. The lowest BCUT2D eigenvalue weighted by molar-refractivity contribution is 0.100. The molecule has 0 atom stereocenters. The molecule has 3 aromatic rings. The second-order valence-electron chi connectivity index (χ2n) is 8.52. The number of hydrogen-bond acceptors (Lipinski definition) is 8. The molecule has 9 nitrogen and oxygen atoms in total. The zero-order valence-corrected chi connectivity index (χ0v) is 20.0. The molecule has 2 heterocycles. The summed E-state index contributed by atoms with van der Waals surface area (Å²) >= 11 is 0. The number of ether oxygens (including phenoxy) is 2. The van der Waals surface area contributed by atoms with Gasteiger partial charge in [0.2, 0.25) is 0 Å². The first-order valence-corrected chi connectivity index (χ1v) is 11.5. The van der Waals surface area contributed by atoms with Gasteiger partial charge in [0.05, 0.1) is 34.7 Å².